The number of hydrogen-bond donors (Lipinski definition) is 2. The Hall–Kier alpha value is -1.81. The van der Waals surface area contributed by atoms with Gasteiger partial charge in [0.1, 0.15) is 12.4 Å². The Morgan fingerprint density at radius 1 is 1.56 bits per heavy atom. The maximum absolute atomic E-state index is 10.3. The molecule has 4 nitrogen and oxygen atoms in total. The second-order valence-corrected chi connectivity index (χ2v) is 3.40. The Morgan fingerprint density at radius 2 is 2.31 bits per heavy atom. The Bertz CT molecular complexity index is 382. The first-order valence-electron chi connectivity index (χ1n) is 4.90. The van der Waals surface area contributed by atoms with Crippen LogP contribution in [0.25, 0.3) is 6.08 Å². The highest BCUT2D eigenvalue weighted by atomic mass is 16.5. The summed E-state index contributed by atoms with van der Waals surface area (Å²) in [5.74, 6) is -0.385. The van der Waals surface area contributed by atoms with Gasteiger partial charge in [0.05, 0.1) is 6.10 Å². The summed E-state index contributed by atoms with van der Waals surface area (Å²) in [6.07, 6.45) is 2.02. The minimum absolute atomic E-state index is 0.214. The fraction of sp³-hybridized carbons (Fsp3) is 0.250. The molecule has 0 aliphatic heterocycles. The maximum atomic E-state index is 10.3. The number of aliphatic hydroxyl groups is 1. The summed E-state index contributed by atoms with van der Waals surface area (Å²) in [5, 5.41) is 17.5. The van der Waals surface area contributed by atoms with E-state index in [1.165, 1.54) is 6.08 Å². The lowest BCUT2D eigenvalue weighted by molar-refractivity contribution is -0.131. The molecule has 0 heterocycles. The molecule has 16 heavy (non-hydrogen) atoms. The van der Waals surface area contributed by atoms with Gasteiger partial charge in [-0.3, -0.25) is 0 Å². The molecular weight excluding hydrogens is 208 g/mol. The number of benzene rings is 1. The quantitative estimate of drug-likeness (QED) is 0.742. The summed E-state index contributed by atoms with van der Waals surface area (Å²) >= 11 is 0. The van der Waals surface area contributed by atoms with Crippen LogP contribution in [0.15, 0.2) is 30.3 Å². The molecule has 0 bridgehead atoms. The van der Waals surface area contributed by atoms with E-state index in [4.69, 9.17) is 14.9 Å². The summed E-state index contributed by atoms with van der Waals surface area (Å²) in [7, 11) is 0. The fourth-order valence-electron chi connectivity index (χ4n) is 1.09. The maximum Gasteiger partial charge on any atom is 0.328 e. The Balaban J connectivity index is 2.67. The van der Waals surface area contributed by atoms with Crippen molar-refractivity contribution in [3.05, 3.63) is 35.9 Å². The summed E-state index contributed by atoms with van der Waals surface area (Å²) in [4.78, 5) is 10.3. The molecule has 0 aliphatic rings. The van der Waals surface area contributed by atoms with Crippen LogP contribution in [0, 0.1) is 0 Å². The third-order valence-electron chi connectivity index (χ3n) is 1.77. The first-order valence-corrected chi connectivity index (χ1v) is 4.90. The number of ether oxygens (including phenoxy) is 1. The average Bonchev–Trinajstić information content (AvgIpc) is 2.24. The molecular formula is C12H14O4. The molecule has 0 aromatic heterocycles. The van der Waals surface area contributed by atoms with Gasteiger partial charge in [-0.1, -0.05) is 12.1 Å². The summed E-state index contributed by atoms with van der Waals surface area (Å²) in [6, 6.07) is 7.00. The molecule has 1 unspecified atom stereocenters. The molecule has 86 valence electrons. The lowest BCUT2D eigenvalue weighted by atomic mass is 10.2. The van der Waals surface area contributed by atoms with Crippen LogP contribution in [-0.4, -0.2) is 28.9 Å². The lowest BCUT2D eigenvalue weighted by Gasteiger charge is -2.08. The third-order valence-corrected chi connectivity index (χ3v) is 1.77. The predicted molar refractivity (Wildman–Crippen MR) is 60.3 cm³/mol. The number of carbonyl (C=O) groups is 1. The smallest absolute Gasteiger partial charge is 0.328 e. The van der Waals surface area contributed by atoms with Gasteiger partial charge in [-0.25, -0.2) is 4.79 Å². The number of aliphatic hydroxyl groups excluding tert-OH is 1. The largest absolute Gasteiger partial charge is 0.491 e. The van der Waals surface area contributed by atoms with Crippen molar-refractivity contribution in [2.75, 3.05) is 6.61 Å². The van der Waals surface area contributed by atoms with E-state index in [-0.39, 0.29) is 6.61 Å². The Kier molecular flexibility index (Phi) is 4.54. The van der Waals surface area contributed by atoms with E-state index in [0.29, 0.717) is 5.75 Å². The number of rotatable bonds is 5. The molecule has 4 heteroatoms. The molecule has 0 saturated heterocycles. The van der Waals surface area contributed by atoms with Gasteiger partial charge in [0.15, 0.2) is 0 Å². The topological polar surface area (TPSA) is 66.8 Å². The highest BCUT2D eigenvalue weighted by molar-refractivity contribution is 5.85. The molecule has 2 N–H and O–H groups in total. The van der Waals surface area contributed by atoms with Crippen LogP contribution >= 0.6 is 0 Å². The number of hydrogen-bond acceptors (Lipinski definition) is 3. The molecule has 1 atom stereocenters. The monoisotopic (exact) mass is 222 g/mol. The minimum atomic E-state index is -0.990. The van der Waals surface area contributed by atoms with E-state index in [0.717, 1.165) is 11.6 Å². The van der Waals surface area contributed by atoms with Crippen molar-refractivity contribution in [3.8, 4) is 5.75 Å². The second kappa shape index (κ2) is 5.92. The SMILES string of the molecule is CC(O)COc1cccc(/C=C/C(=O)O)c1. The first kappa shape index (κ1) is 12.3. The van der Waals surface area contributed by atoms with E-state index < -0.39 is 12.1 Å². The first-order chi connectivity index (χ1) is 7.58. The molecule has 0 fully saturated rings. The average molecular weight is 222 g/mol. The van der Waals surface area contributed by atoms with Gasteiger partial charge in [0.25, 0.3) is 0 Å². The summed E-state index contributed by atoms with van der Waals surface area (Å²) < 4.78 is 5.28. The van der Waals surface area contributed by atoms with Crippen LogP contribution in [0.3, 0.4) is 0 Å². The standard InChI is InChI=1S/C12H14O4/c1-9(13)8-16-11-4-2-3-10(7-11)5-6-12(14)15/h2-7,9,13H,8H2,1H3,(H,14,15)/b6-5+. The highest BCUT2D eigenvalue weighted by Gasteiger charge is 1.98. The van der Waals surface area contributed by atoms with E-state index in [1.807, 2.05) is 0 Å². The van der Waals surface area contributed by atoms with Crippen LogP contribution in [0.5, 0.6) is 5.75 Å². The van der Waals surface area contributed by atoms with E-state index in [9.17, 15) is 4.79 Å². The lowest BCUT2D eigenvalue weighted by Crippen LogP contribution is -2.12. The van der Waals surface area contributed by atoms with Crippen molar-refractivity contribution in [3.63, 3.8) is 0 Å². The third kappa shape index (κ3) is 4.61. The summed E-state index contributed by atoms with van der Waals surface area (Å²) in [6.45, 7) is 1.85. The number of aliphatic carboxylic acids is 1. The number of carboxylic acids is 1. The molecule has 0 aliphatic carbocycles. The highest BCUT2D eigenvalue weighted by Crippen LogP contribution is 2.14. The second-order valence-electron chi connectivity index (χ2n) is 3.40. The summed E-state index contributed by atoms with van der Waals surface area (Å²) in [5.41, 5.74) is 0.741. The Morgan fingerprint density at radius 3 is 2.94 bits per heavy atom. The molecule has 1 aromatic carbocycles. The van der Waals surface area contributed by atoms with Crippen LogP contribution in [-0.2, 0) is 4.79 Å². The van der Waals surface area contributed by atoms with Crippen molar-refractivity contribution < 1.29 is 19.7 Å². The molecule has 0 saturated carbocycles. The van der Waals surface area contributed by atoms with E-state index >= 15 is 0 Å². The van der Waals surface area contributed by atoms with Crippen LogP contribution in [0.2, 0.25) is 0 Å². The minimum Gasteiger partial charge on any atom is -0.491 e. The van der Waals surface area contributed by atoms with Crippen LogP contribution < -0.4 is 4.74 Å². The van der Waals surface area contributed by atoms with Crippen molar-refractivity contribution in [2.24, 2.45) is 0 Å². The van der Waals surface area contributed by atoms with Gasteiger partial charge in [-0.05, 0) is 30.7 Å². The van der Waals surface area contributed by atoms with Gasteiger partial charge in [-0.2, -0.15) is 0 Å². The normalized spacial score (nSPS) is 12.6. The zero-order valence-electron chi connectivity index (χ0n) is 8.96. The zero-order valence-corrected chi connectivity index (χ0v) is 8.96. The van der Waals surface area contributed by atoms with Crippen molar-refractivity contribution in [1.29, 1.82) is 0 Å². The predicted octanol–water partition coefficient (Wildman–Crippen LogP) is 1.54. The molecule has 0 spiro atoms. The molecule has 0 amide bonds. The molecule has 1 aromatic rings. The molecule has 0 radical (unpaired) electrons. The van der Waals surface area contributed by atoms with Crippen molar-refractivity contribution in [2.45, 2.75) is 13.0 Å². The number of carboxylic acid groups (broad SMARTS) is 1. The van der Waals surface area contributed by atoms with Gasteiger partial charge < -0.3 is 14.9 Å². The van der Waals surface area contributed by atoms with Crippen LogP contribution in [0.4, 0.5) is 0 Å². The molecule has 1 rings (SSSR count). The van der Waals surface area contributed by atoms with Crippen molar-refractivity contribution in [1.82, 2.24) is 0 Å². The van der Waals surface area contributed by atoms with Gasteiger partial charge >= 0.3 is 5.97 Å². The van der Waals surface area contributed by atoms with E-state index in [1.54, 1.807) is 31.2 Å². The van der Waals surface area contributed by atoms with Crippen LogP contribution in [0.1, 0.15) is 12.5 Å². The van der Waals surface area contributed by atoms with Crippen molar-refractivity contribution >= 4 is 12.0 Å². The van der Waals surface area contributed by atoms with Gasteiger partial charge in [0.2, 0.25) is 0 Å². The van der Waals surface area contributed by atoms with Gasteiger partial charge in [-0.15, -0.1) is 0 Å². The van der Waals surface area contributed by atoms with E-state index in [2.05, 4.69) is 0 Å². The fourth-order valence-corrected chi connectivity index (χ4v) is 1.09. The Labute approximate surface area is 93.8 Å². The zero-order chi connectivity index (χ0) is 12.0. The van der Waals surface area contributed by atoms with Gasteiger partial charge in [0, 0.05) is 6.08 Å².